The number of carbonyl (C=O) groups is 3. The van der Waals surface area contributed by atoms with E-state index in [2.05, 4.69) is 34.4 Å². The largest absolute Gasteiger partial charge is 0.508 e. The van der Waals surface area contributed by atoms with Crippen LogP contribution in [0.25, 0.3) is 11.2 Å². The van der Waals surface area contributed by atoms with E-state index in [9.17, 15) is 63.0 Å². The van der Waals surface area contributed by atoms with Crippen LogP contribution in [0, 0.1) is 5.41 Å². The number of amides is 2. The number of nitrogen functional groups attached to an aromatic ring is 1. The summed E-state index contributed by atoms with van der Waals surface area (Å²) in [6, 6.07) is 5.66. The molecule has 1 aliphatic heterocycles. The molecule has 4 rings (SSSR count). The van der Waals surface area contributed by atoms with Gasteiger partial charge in [0.1, 0.15) is 30.2 Å². The van der Waals surface area contributed by atoms with E-state index in [1.807, 2.05) is 0 Å². The summed E-state index contributed by atoms with van der Waals surface area (Å²) in [6.45, 7) is 0.352. The molecule has 0 bridgehead atoms. The number of benzene rings is 1. The van der Waals surface area contributed by atoms with Crippen LogP contribution in [0.5, 0.6) is 5.75 Å². The van der Waals surface area contributed by atoms with Gasteiger partial charge < -0.3 is 56.0 Å². The zero-order chi connectivity index (χ0) is 42.3. The van der Waals surface area contributed by atoms with Crippen molar-refractivity contribution in [3.8, 4) is 5.75 Å². The van der Waals surface area contributed by atoms with Gasteiger partial charge in [0, 0.05) is 36.2 Å². The summed E-state index contributed by atoms with van der Waals surface area (Å²) in [5.41, 5.74) is 4.81. The predicted molar refractivity (Wildman–Crippen MR) is 193 cm³/mol. The molecule has 25 nitrogen and oxygen atoms in total. The first-order chi connectivity index (χ1) is 26.5. The van der Waals surface area contributed by atoms with Crippen molar-refractivity contribution in [2.75, 3.05) is 37.8 Å². The number of phosphoric ester groups is 3. The molecule has 2 amide bonds. The average molecular weight is 889 g/mol. The smallest absolute Gasteiger partial charge is 0.481 e. The molecule has 0 saturated carbocycles. The van der Waals surface area contributed by atoms with E-state index in [1.165, 1.54) is 49.0 Å². The number of aromatic amines is 1. The fourth-order valence-corrected chi connectivity index (χ4v) is 8.53. The summed E-state index contributed by atoms with van der Waals surface area (Å²) in [7, 11) is -16.4. The fourth-order valence-electron chi connectivity index (χ4n) is 5.01. The quantitative estimate of drug-likeness (QED) is 0.0372. The molecular formula is C28H41N7O18P3S+. The Hall–Kier alpha value is -3.42. The van der Waals surface area contributed by atoms with E-state index in [0.29, 0.717) is 5.56 Å². The van der Waals surface area contributed by atoms with Crippen molar-refractivity contribution in [3.05, 3.63) is 42.5 Å². The van der Waals surface area contributed by atoms with Crippen molar-refractivity contribution >= 4 is 69.1 Å². The second-order valence-electron chi connectivity index (χ2n) is 12.8. The first-order valence-corrected chi connectivity index (χ1v) is 21.9. The third-order valence-corrected chi connectivity index (χ3v) is 11.9. The summed E-state index contributed by atoms with van der Waals surface area (Å²) in [4.78, 5) is 86.6. The fraction of sp³-hybridized carbons (Fsp3) is 0.500. The van der Waals surface area contributed by atoms with Gasteiger partial charge in [-0.1, -0.05) is 30.6 Å². The number of imidazole rings is 1. The average Bonchev–Trinajstić information content (AvgIpc) is 3.68. The van der Waals surface area contributed by atoms with E-state index in [4.69, 9.17) is 19.5 Å². The Morgan fingerprint density at radius 3 is 2.39 bits per heavy atom. The zero-order valence-corrected chi connectivity index (χ0v) is 33.4. The number of nitrogens with one attached hydrogen (secondary N) is 3. The van der Waals surface area contributed by atoms with E-state index in [-0.39, 0.29) is 53.1 Å². The van der Waals surface area contributed by atoms with Crippen molar-refractivity contribution in [2.24, 2.45) is 5.41 Å². The first-order valence-electron chi connectivity index (χ1n) is 16.4. The third kappa shape index (κ3) is 13.3. The van der Waals surface area contributed by atoms with Gasteiger partial charge in [-0.15, -0.1) is 0 Å². The summed E-state index contributed by atoms with van der Waals surface area (Å²) in [5, 5.41) is 35.4. The summed E-state index contributed by atoms with van der Waals surface area (Å²) in [6.07, 6.45) is -6.79. The normalized spacial score (nSPS) is 21.4. The number of aromatic hydroxyl groups is 1. The van der Waals surface area contributed by atoms with Crippen LogP contribution in [0.4, 0.5) is 5.82 Å². The summed E-state index contributed by atoms with van der Waals surface area (Å²) >= 11 is 0.948. The lowest BCUT2D eigenvalue weighted by atomic mass is 9.87. The Kier molecular flexibility index (Phi) is 15.5. The van der Waals surface area contributed by atoms with Crippen LogP contribution in [-0.2, 0) is 45.9 Å². The highest BCUT2D eigenvalue weighted by Gasteiger charge is 2.52. The lowest BCUT2D eigenvalue weighted by Gasteiger charge is -2.30. The number of fused-ring (bicyclic) bond motifs is 1. The maximum atomic E-state index is 12.7. The van der Waals surface area contributed by atoms with Crippen LogP contribution in [0.15, 0.2) is 36.9 Å². The topological polar surface area (TPSA) is 386 Å². The Morgan fingerprint density at radius 1 is 1.05 bits per heavy atom. The number of rotatable bonds is 20. The van der Waals surface area contributed by atoms with Gasteiger partial charge in [0.05, 0.1) is 13.2 Å². The lowest BCUT2D eigenvalue weighted by molar-refractivity contribution is -0.745. The number of ether oxygens (including phenoxy) is 1. The molecule has 12 N–H and O–H groups in total. The highest BCUT2D eigenvalue weighted by Crippen LogP contribution is 2.61. The van der Waals surface area contributed by atoms with Crippen molar-refractivity contribution in [1.29, 1.82) is 0 Å². The van der Waals surface area contributed by atoms with E-state index >= 15 is 0 Å². The monoisotopic (exact) mass is 888 g/mol. The van der Waals surface area contributed by atoms with Crippen molar-refractivity contribution in [3.63, 3.8) is 0 Å². The Bertz CT molecular complexity index is 2050. The van der Waals surface area contributed by atoms with Crippen molar-refractivity contribution < 1.29 is 90.2 Å². The maximum absolute atomic E-state index is 12.7. The number of hydrogen-bond donors (Lipinski definition) is 11. The lowest BCUT2D eigenvalue weighted by Crippen LogP contribution is -2.46. The van der Waals surface area contributed by atoms with Crippen LogP contribution >= 0.6 is 35.2 Å². The molecule has 7 unspecified atom stereocenters. The Labute approximate surface area is 326 Å². The number of phenolic OH excluding ortho intramolecular Hbond substituents is 1. The SMILES string of the molecule is CC(C)(COP(=O)(O)OP(=O)(O)OCC1OC([n+]2c[nH]c3c(N)ncnc32)C(O)C1OP(=O)(O)O)C(O)C(=O)NCCC(=O)NCCSC(=O)c1ccc(O)cc1. The van der Waals surface area contributed by atoms with Gasteiger partial charge in [0.15, 0.2) is 18.5 Å². The molecule has 3 aromatic rings. The van der Waals surface area contributed by atoms with Crippen LogP contribution in [0.1, 0.15) is 36.9 Å². The number of anilines is 1. The number of aliphatic hydroxyl groups is 2. The van der Waals surface area contributed by atoms with Crippen LogP contribution < -0.4 is 20.9 Å². The Morgan fingerprint density at radius 2 is 1.72 bits per heavy atom. The van der Waals surface area contributed by atoms with E-state index in [0.717, 1.165) is 18.1 Å². The number of H-pyrrole nitrogens is 1. The molecule has 316 valence electrons. The van der Waals surface area contributed by atoms with Gasteiger partial charge in [0.25, 0.3) is 0 Å². The highest BCUT2D eigenvalue weighted by molar-refractivity contribution is 8.14. The number of aromatic nitrogens is 4. The zero-order valence-electron chi connectivity index (χ0n) is 29.9. The number of phosphoric acid groups is 3. The summed E-state index contributed by atoms with van der Waals surface area (Å²) < 4.78 is 62.2. The number of carbonyl (C=O) groups excluding carboxylic acids is 3. The second kappa shape index (κ2) is 19.1. The molecular weight excluding hydrogens is 847 g/mol. The van der Waals surface area contributed by atoms with Crippen LogP contribution in [0.2, 0.25) is 0 Å². The molecule has 0 radical (unpaired) electrons. The summed E-state index contributed by atoms with van der Waals surface area (Å²) in [5.74, 6) is -1.21. The molecule has 2 aromatic heterocycles. The first kappa shape index (κ1) is 46.3. The van der Waals surface area contributed by atoms with Crippen LogP contribution in [-0.4, -0.2) is 123 Å². The van der Waals surface area contributed by atoms with Gasteiger partial charge in [-0.25, -0.2) is 18.3 Å². The van der Waals surface area contributed by atoms with Crippen molar-refractivity contribution in [1.82, 2.24) is 25.6 Å². The molecule has 1 aliphatic rings. The van der Waals surface area contributed by atoms with E-state index in [1.54, 1.807) is 0 Å². The van der Waals surface area contributed by atoms with Crippen LogP contribution in [0.3, 0.4) is 0 Å². The number of hydrogen-bond acceptors (Lipinski definition) is 18. The molecule has 0 aliphatic carbocycles. The van der Waals surface area contributed by atoms with Gasteiger partial charge in [-0.2, -0.15) is 9.29 Å². The highest BCUT2D eigenvalue weighted by atomic mass is 32.2. The minimum atomic E-state index is -5.58. The molecule has 1 fully saturated rings. The number of nitrogens with two attached hydrogens (primary N) is 1. The predicted octanol–water partition coefficient (Wildman–Crippen LogP) is -0.897. The third-order valence-electron chi connectivity index (χ3n) is 7.90. The molecule has 7 atom stereocenters. The minimum Gasteiger partial charge on any atom is -0.508 e. The van der Waals surface area contributed by atoms with Gasteiger partial charge in [-0.05, 0) is 24.3 Å². The molecule has 29 heteroatoms. The molecule has 1 saturated heterocycles. The minimum absolute atomic E-state index is 0.00804. The molecule has 57 heavy (non-hydrogen) atoms. The molecule has 3 heterocycles. The maximum Gasteiger partial charge on any atom is 0.481 e. The standard InChI is InChI=1S/C28H40N7O18P3S/c1-28(2,22(39)25(40)31-8-7-18(37)30-9-10-57-27(41)15-3-5-16(36)6-4-15)12-50-56(47,48)53-55(45,46)49-11-17-21(52-54(42,43)44)20(38)26(51-17)35-14-34-19-23(29)32-13-33-24(19)35/h3-6,13-14,17,20-22,26,38-39H,7-12H2,1-2H3,(H9,29,30,31,32,33,36,37,40,41,42,43,44,45,46,47,48)/p+1. The van der Waals surface area contributed by atoms with Gasteiger partial charge >= 0.3 is 29.1 Å². The molecule has 1 aromatic carbocycles. The second-order valence-corrected chi connectivity index (χ2v) is 18.1. The Balaban J connectivity index is 1.23. The number of aliphatic hydroxyl groups excluding tert-OH is 2. The van der Waals surface area contributed by atoms with Crippen molar-refractivity contribution in [2.45, 2.75) is 50.9 Å². The molecule has 0 spiro atoms. The number of phenols is 1. The number of nitrogens with zero attached hydrogens (tertiary/aromatic N) is 3. The van der Waals surface area contributed by atoms with E-state index < -0.39 is 84.6 Å². The van der Waals surface area contributed by atoms with Gasteiger partial charge in [-0.3, -0.25) is 32.9 Å². The number of thioether (sulfide) groups is 1. The van der Waals surface area contributed by atoms with Gasteiger partial charge in [0.2, 0.25) is 28.7 Å².